The second-order valence-electron chi connectivity index (χ2n) is 6.18. The number of benzene rings is 1. The Balaban J connectivity index is 1.52. The molecule has 0 spiro atoms. The molecule has 1 amide bonds. The van der Waals surface area contributed by atoms with E-state index in [1.807, 2.05) is 36.5 Å². The van der Waals surface area contributed by atoms with Gasteiger partial charge in [0.1, 0.15) is 0 Å². The molecule has 4 rings (SSSR count). The van der Waals surface area contributed by atoms with Crippen molar-refractivity contribution in [2.24, 2.45) is 0 Å². The summed E-state index contributed by atoms with van der Waals surface area (Å²) in [4.78, 5) is 24.8. The largest absolute Gasteiger partial charge is 0.445 e. The number of nitrogens with zero attached hydrogens (tertiary/aromatic N) is 3. The van der Waals surface area contributed by atoms with E-state index in [4.69, 9.17) is 4.74 Å². The molecule has 126 valence electrons. The third-order valence-corrected chi connectivity index (χ3v) is 4.35. The number of ether oxygens (including phenoxy) is 1. The highest BCUT2D eigenvalue weighted by atomic mass is 16.6. The number of hydrogen-bond donors (Lipinski definition) is 1. The van der Waals surface area contributed by atoms with Crippen LogP contribution in [0.1, 0.15) is 28.7 Å². The summed E-state index contributed by atoms with van der Waals surface area (Å²) in [5.41, 5.74) is 0.780. The van der Waals surface area contributed by atoms with Crippen LogP contribution >= 0.6 is 0 Å². The fraction of sp³-hybridized carbons (Fsp3) is 0.222. The summed E-state index contributed by atoms with van der Waals surface area (Å²) in [6.07, 6.45) is 2.16. The van der Waals surface area contributed by atoms with Gasteiger partial charge in [0.2, 0.25) is 0 Å². The van der Waals surface area contributed by atoms with Crippen LogP contribution in [0.2, 0.25) is 0 Å². The molecule has 3 heterocycles. The van der Waals surface area contributed by atoms with Gasteiger partial charge in [-0.15, -0.1) is 10.2 Å². The number of carbonyl (C=O) groups is 2. The predicted octanol–water partition coefficient (Wildman–Crippen LogP) is 1.52. The molecular formula is C18H16N4O3. The van der Waals surface area contributed by atoms with Crippen LogP contribution < -0.4 is 5.32 Å². The minimum atomic E-state index is -1.24. The van der Waals surface area contributed by atoms with Crippen molar-refractivity contribution in [3.8, 4) is 0 Å². The van der Waals surface area contributed by atoms with E-state index in [9.17, 15) is 9.59 Å². The van der Waals surface area contributed by atoms with E-state index in [1.165, 1.54) is 0 Å². The van der Waals surface area contributed by atoms with Crippen molar-refractivity contribution < 1.29 is 14.3 Å². The molecule has 1 atom stereocenters. The minimum Gasteiger partial charge on any atom is -0.445 e. The number of hydrogen-bond acceptors (Lipinski definition) is 5. The van der Waals surface area contributed by atoms with Gasteiger partial charge in [0.15, 0.2) is 17.1 Å². The van der Waals surface area contributed by atoms with Crippen LogP contribution in [0.4, 0.5) is 0 Å². The van der Waals surface area contributed by atoms with Crippen molar-refractivity contribution in [3.05, 3.63) is 65.6 Å². The zero-order valence-corrected chi connectivity index (χ0v) is 13.6. The molecule has 7 heteroatoms. The number of nitrogens with one attached hydrogen (secondary N) is 1. The van der Waals surface area contributed by atoms with Gasteiger partial charge in [-0.25, -0.2) is 4.79 Å². The van der Waals surface area contributed by atoms with E-state index < -0.39 is 11.6 Å². The SMILES string of the molecule is CC1(C(=O)NCc2nnc3ccccn23)Cc2ccccc2C(=O)O1. The molecule has 7 nitrogen and oxygen atoms in total. The van der Waals surface area contributed by atoms with E-state index in [0.717, 1.165) is 5.56 Å². The van der Waals surface area contributed by atoms with Crippen LogP contribution in [0.15, 0.2) is 48.7 Å². The molecule has 0 saturated carbocycles. The first-order valence-corrected chi connectivity index (χ1v) is 7.95. The summed E-state index contributed by atoms with van der Waals surface area (Å²) in [6.45, 7) is 1.82. The molecule has 1 aromatic carbocycles. The van der Waals surface area contributed by atoms with Crippen molar-refractivity contribution in [1.29, 1.82) is 0 Å². The lowest BCUT2D eigenvalue weighted by Crippen LogP contribution is -2.51. The molecule has 0 saturated heterocycles. The number of amides is 1. The van der Waals surface area contributed by atoms with Crippen molar-refractivity contribution in [1.82, 2.24) is 19.9 Å². The Hall–Kier alpha value is -3.22. The summed E-state index contributed by atoms with van der Waals surface area (Å²) in [6, 6.07) is 12.7. The highest BCUT2D eigenvalue weighted by Crippen LogP contribution is 2.28. The lowest BCUT2D eigenvalue weighted by Gasteiger charge is -2.32. The van der Waals surface area contributed by atoms with Gasteiger partial charge < -0.3 is 10.1 Å². The predicted molar refractivity (Wildman–Crippen MR) is 88.8 cm³/mol. The van der Waals surface area contributed by atoms with Gasteiger partial charge >= 0.3 is 5.97 Å². The average molecular weight is 336 g/mol. The first kappa shape index (κ1) is 15.3. The Morgan fingerprint density at radius 1 is 1.24 bits per heavy atom. The zero-order chi connectivity index (χ0) is 17.4. The van der Waals surface area contributed by atoms with Crippen molar-refractivity contribution >= 4 is 17.5 Å². The smallest absolute Gasteiger partial charge is 0.339 e. The van der Waals surface area contributed by atoms with Crippen molar-refractivity contribution in [3.63, 3.8) is 0 Å². The molecule has 1 aliphatic heterocycles. The Labute approximate surface area is 143 Å². The first-order chi connectivity index (χ1) is 12.1. The lowest BCUT2D eigenvalue weighted by atomic mass is 9.89. The molecule has 0 aliphatic carbocycles. The minimum absolute atomic E-state index is 0.193. The van der Waals surface area contributed by atoms with Gasteiger partial charge in [0.25, 0.3) is 5.91 Å². The Kier molecular flexibility index (Phi) is 3.49. The number of pyridine rings is 1. The Morgan fingerprint density at radius 2 is 2.04 bits per heavy atom. The van der Waals surface area contributed by atoms with Crippen molar-refractivity contribution in [2.45, 2.75) is 25.5 Å². The maximum Gasteiger partial charge on any atom is 0.339 e. The number of esters is 1. The molecule has 2 aromatic heterocycles. The van der Waals surface area contributed by atoms with Gasteiger partial charge in [-0.3, -0.25) is 9.20 Å². The number of carbonyl (C=O) groups excluding carboxylic acids is 2. The first-order valence-electron chi connectivity index (χ1n) is 7.95. The summed E-state index contributed by atoms with van der Waals surface area (Å²) in [5, 5.41) is 10.9. The molecule has 3 aromatic rings. The summed E-state index contributed by atoms with van der Waals surface area (Å²) >= 11 is 0. The second kappa shape index (κ2) is 5.70. The molecular weight excluding hydrogens is 320 g/mol. The van der Waals surface area contributed by atoms with E-state index in [0.29, 0.717) is 23.5 Å². The molecule has 25 heavy (non-hydrogen) atoms. The summed E-state index contributed by atoms with van der Waals surface area (Å²) in [7, 11) is 0. The number of cyclic esters (lactones) is 1. The monoisotopic (exact) mass is 336 g/mol. The standard InChI is InChI=1S/C18H16N4O3/c1-18(10-12-6-2-3-7-13(12)16(23)25-18)17(24)19-11-15-21-20-14-8-4-5-9-22(14)15/h2-9H,10-11H2,1H3,(H,19,24). The number of aromatic nitrogens is 3. The molecule has 1 N–H and O–H groups in total. The second-order valence-corrected chi connectivity index (χ2v) is 6.18. The quantitative estimate of drug-likeness (QED) is 0.733. The summed E-state index contributed by atoms with van der Waals surface area (Å²) < 4.78 is 7.22. The number of rotatable bonds is 3. The molecule has 1 unspecified atom stereocenters. The third kappa shape index (κ3) is 2.63. The van der Waals surface area contributed by atoms with Crippen LogP contribution in [0.25, 0.3) is 5.65 Å². The van der Waals surface area contributed by atoms with Crippen molar-refractivity contribution in [2.75, 3.05) is 0 Å². The Morgan fingerprint density at radius 3 is 2.92 bits per heavy atom. The van der Waals surface area contributed by atoms with Crippen LogP contribution in [0, 0.1) is 0 Å². The van der Waals surface area contributed by atoms with Gasteiger partial charge in [-0.1, -0.05) is 24.3 Å². The molecule has 1 aliphatic rings. The average Bonchev–Trinajstić information content (AvgIpc) is 3.03. The van der Waals surface area contributed by atoms with E-state index >= 15 is 0 Å². The van der Waals surface area contributed by atoms with E-state index in [1.54, 1.807) is 23.5 Å². The van der Waals surface area contributed by atoms with Crippen LogP contribution in [0.5, 0.6) is 0 Å². The highest BCUT2D eigenvalue weighted by molar-refractivity contribution is 5.97. The molecule has 0 fully saturated rings. The topological polar surface area (TPSA) is 85.6 Å². The third-order valence-electron chi connectivity index (χ3n) is 4.35. The molecule has 0 radical (unpaired) electrons. The van der Waals surface area contributed by atoms with Crippen LogP contribution in [-0.2, 0) is 22.5 Å². The van der Waals surface area contributed by atoms with Gasteiger partial charge in [-0.2, -0.15) is 0 Å². The Bertz CT molecular complexity index is 981. The highest BCUT2D eigenvalue weighted by Gasteiger charge is 2.42. The fourth-order valence-electron chi connectivity index (χ4n) is 3.02. The number of fused-ring (bicyclic) bond motifs is 2. The van der Waals surface area contributed by atoms with Crippen LogP contribution in [0.3, 0.4) is 0 Å². The summed E-state index contributed by atoms with van der Waals surface area (Å²) in [5.74, 6) is -0.231. The maximum absolute atomic E-state index is 12.7. The van der Waals surface area contributed by atoms with Gasteiger partial charge in [0.05, 0.1) is 12.1 Å². The lowest BCUT2D eigenvalue weighted by molar-refractivity contribution is -0.140. The van der Waals surface area contributed by atoms with Gasteiger partial charge in [-0.05, 0) is 30.7 Å². The van der Waals surface area contributed by atoms with E-state index in [2.05, 4.69) is 15.5 Å². The maximum atomic E-state index is 12.7. The molecule has 0 bridgehead atoms. The normalized spacial score (nSPS) is 19.3. The van der Waals surface area contributed by atoms with Gasteiger partial charge in [0, 0.05) is 12.6 Å². The zero-order valence-electron chi connectivity index (χ0n) is 13.6. The van der Waals surface area contributed by atoms with Crippen LogP contribution in [-0.4, -0.2) is 32.1 Å². The fourth-order valence-corrected chi connectivity index (χ4v) is 3.02. The van der Waals surface area contributed by atoms with E-state index in [-0.39, 0.29) is 12.5 Å².